The van der Waals surface area contributed by atoms with Gasteiger partial charge in [0.15, 0.2) is 0 Å². The van der Waals surface area contributed by atoms with Gasteiger partial charge in [0.05, 0.1) is 13.1 Å². The number of piperidine rings is 1. The quantitative estimate of drug-likeness (QED) is 0.713. The summed E-state index contributed by atoms with van der Waals surface area (Å²) in [5.74, 6) is -0.223. The highest BCUT2D eigenvalue weighted by Crippen LogP contribution is 2.16. The van der Waals surface area contributed by atoms with Crippen molar-refractivity contribution in [2.75, 3.05) is 32.7 Å². The molecule has 5 heteroatoms. The normalized spacial score (nSPS) is 16.9. The number of carbonyl (C=O) groups excluding carboxylic acids is 1. The lowest BCUT2D eigenvalue weighted by Crippen LogP contribution is -2.45. The predicted molar refractivity (Wildman–Crippen MR) is 69.3 cm³/mol. The molecule has 1 fully saturated rings. The molecule has 102 valence electrons. The molecule has 1 aliphatic heterocycles. The van der Waals surface area contributed by atoms with E-state index in [0.717, 1.165) is 25.9 Å². The van der Waals surface area contributed by atoms with Crippen molar-refractivity contribution < 1.29 is 14.7 Å². The number of carbonyl (C=O) groups is 2. The number of amides is 1. The van der Waals surface area contributed by atoms with E-state index >= 15 is 0 Å². The fraction of sp³-hybridized carbons (Fsp3) is 0.692. The molecule has 1 rings (SSSR count). The van der Waals surface area contributed by atoms with Crippen molar-refractivity contribution in [2.24, 2.45) is 5.92 Å². The minimum absolute atomic E-state index is 0.0185. The summed E-state index contributed by atoms with van der Waals surface area (Å²) in [5, 5.41) is 8.77. The van der Waals surface area contributed by atoms with Gasteiger partial charge in [-0.25, -0.2) is 0 Å². The zero-order valence-electron chi connectivity index (χ0n) is 11.0. The SMILES string of the molecule is C=CCN(CC(=O)O)CC(=O)N1CCC(C)CC1. The molecule has 1 heterocycles. The van der Waals surface area contributed by atoms with E-state index in [1.54, 1.807) is 11.0 Å². The van der Waals surface area contributed by atoms with Crippen molar-refractivity contribution in [1.29, 1.82) is 0 Å². The predicted octanol–water partition coefficient (Wildman–Crippen LogP) is 0.817. The van der Waals surface area contributed by atoms with E-state index in [0.29, 0.717) is 12.5 Å². The highest BCUT2D eigenvalue weighted by molar-refractivity contribution is 5.79. The maximum Gasteiger partial charge on any atom is 0.317 e. The first kappa shape index (κ1) is 14.7. The van der Waals surface area contributed by atoms with Crippen LogP contribution < -0.4 is 0 Å². The van der Waals surface area contributed by atoms with Crippen LogP contribution in [0.3, 0.4) is 0 Å². The second kappa shape index (κ2) is 7.16. The Hall–Kier alpha value is -1.36. The minimum atomic E-state index is -0.920. The van der Waals surface area contributed by atoms with Crippen molar-refractivity contribution in [2.45, 2.75) is 19.8 Å². The molecule has 5 nitrogen and oxygen atoms in total. The van der Waals surface area contributed by atoms with E-state index in [1.807, 2.05) is 4.90 Å². The summed E-state index contributed by atoms with van der Waals surface area (Å²) < 4.78 is 0. The molecule has 0 spiro atoms. The molecule has 0 aromatic carbocycles. The fourth-order valence-electron chi connectivity index (χ4n) is 2.11. The van der Waals surface area contributed by atoms with Gasteiger partial charge in [0.25, 0.3) is 0 Å². The van der Waals surface area contributed by atoms with Crippen LogP contribution in [0.2, 0.25) is 0 Å². The van der Waals surface area contributed by atoms with E-state index < -0.39 is 5.97 Å². The maximum atomic E-state index is 12.0. The molecule has 0 aliphatic carbocycles. The smallest absolute Gasteiger partial charge is 0.317 e. The van der Waals surface area contributed by atoms with Gasteiger partial charge in [-0.3, -0.25) is 14.5 Å². The molecule has 0 radical (unpaired) electrons. The van der Waals surface area contributed by atoms with Gasteiger partial charge in [-0.05, 0) is 18.8 Å². The third-order valence-electron chi connectivity index (χ3n) is 3.24. The Bertz CT molecular complexity index is 309. The first-order valence-electron chi connectivity index (χ1n) is 6.35. The van der Waals surface area contributed by atoms with Crippen LogP contribution in [-0.2, 0) is 9.59 Å². The summed E-state index contributed by atoms with van der Waals surface area (Å²) in [6.45, 7) is 7.80. The fourth-order valence-corrected chi connectivity index (χ4v) is 2.11. The van der Waals surface area contributed by atoms with Crippen molar-refractivity contribution in [3.8, 4) is 0 Å². The molecule has 0 unspecified atom stereocenters. The lowest BCUT2D eigenvalue weighted by molar-refractivity contribution is -0.139. The van der Waals surface area contributed by atoms with Gasteiger partial charge in [0.2, 0.25) is 5.91 Å². The van der Waals surface area contributed by atoms with Crippen LogP contribution >= 0.6 is 0 Å². The summed E-state index contributed by atoms with van der Waals surface area (Å²) in [6.07, 6.45) is 3.69. The lowest BCUT2D eigenvalue weighted by Gasteiger charge is -2.31. The topological polar surface area (TPSA) is 60.9 Å². The third-order valence-corrected chi connectivity index (χ3v) is 3.24. The van der Waals surface area contributed by atoms with E-state index in [9.17, 15) is 9.59 Å². The minimum Gasteiger partial charge on any atom is -0.480 e. The highest BCUT2D eigenvalue weighted by Gasteiger charge is 2.22. The van der Waals surface area contributed by atoms with Crippen LogP contribution in [0.25, 0.3) is 0 Å². The number of likely N-dealkylation sites (tertiary alicyclic amines) is 1. The van der Waals surface area contributed by atoms with E-state index in [-0.39, 0.29) is 19.0 Å². The molecular formula is C13H22N2O3. The molecule has 0 atom stereocenters. The van der Waals surface area contributed by atoms with Gasteiger partial charge < -0.3 is 10.0 Å². The molecule has 1 N–H and O–H groups in total. The Morgan fingerprint density at radius 3 is 2.50 bits per heavy atom. The summed E-state index contributed by atoms with van der Waals surface area (Å²) >= 11 is 0. The van der Waals surface area contributed by atoms with Crippen molar-refractivity contribution >= 4 is 11.9 Å². The number of carboxylic acid groups (broad SMARTS) is 1. The van der Waals surface area contributed by atoms with Gasteiger partial charge in [-0.15, -0.1) is 6.58 Å². The van der Waals surface area contributed by atoms with Gasteiger partial charge >= 0.3 is 5.97 Å². The van der Waals surface area contributed by atoms with Crippen LogP contribution in [0, 0.1) is 5.92 Å². The average molecular weight is 254 g/mol. The Morgan fingerprint density at radius 2 is 2.00 bits per heavy atom. The van der Waals surface area contributed by atoms with Crippen LogP contribution in [0.5, 0.6) is 0 Å². The molecule has 0 bridgehead atoms. The Kier molecular flexibility index (Phi) is 5.85. The molecule has 0 aromatic rings. The summed E-state index contributed by atoms with van der Waals surface area (Å²) in [5.41, 5.74) is 0. The first-order chi connectivity index (χ1) is 8.52. The zero-order valence-corrected chi connectivity index (χ0v) is 11.0. The first-order valence-corrected chi connectivity index (χ1v) is 6.35. The van der Waals surface area contributed by atoms with Gasteiger partial charge in [0, 0.05) is 19.6 Å². The van der Waals surface area contributed by atoms with Crippen molar-refractivity contribution in [3.63, 3.8) is 0 Å². The second-order valence-electron chi connectivity index (χ2n) is 4.92. The van der Waals surface area contributed by atoms with Crippen LogP contribution in [0.4, 0.5) is 0 Å². The average Bonchev–Trinajstić information content (AvgIpc) is 2.29. The molecule has 1 amide bonds. The second-order valence-corrected chi connectivity index (χ2v) is 4.92. The van der Waals surface area contributed by atoms with Gasteiger partial charge in [-0.1, -0.05) is 13.0 Å². The van der Waals surface area contributed by atoms with Crippen LogP contribution in [-0.4, -0.2) is 59.5 Å². The molecule has 1 aliphatic rings. The Balaban J connectivity index is 2.44. The number of aliphatic carboxylic acids is 1. The molecule has 0 aromatic heterocycles. The molecule has 0 saturated carbocycles. The van der Waals surface area contributed by atoms with E-state index in [1.165, 1.54) is 0 Å². The van der Waals surface area contributed by atoms with Crippen molar-refractivity contribution in [3.05, 3.63) is 12.7 Å². The van der Waals surface area contributed by atoms with E-state index in [4.69, 9.17) is 5.11 Å². The molecule has 1 saturated heterocycles. The summed E-state index contributed by atoms with van der Waals surface area (Å²) in [4.78, 5) is 26.1. The standard InChI is InChI=1S/C13H22N2O3/c1-3-6-14(10-13(17)18)9-12(16)15-7-4-11(2)5-8-15/h3,11H,1,4-10H2,2H3,(H,17,18). The monoisotopic (exact) mass is 254 g/mol. The van der Waals surface area contributed by atoms with Crippen LogP contribution in [0.15, 0.2) is 12.7 Å². The van der Waals surface area contributed by atoms with Crippen LogP contribution in [0.1, 0.15) is 19.8 Å². The lowest BCUT2D eigenvalue weighted by atomic mass is 9.99. The number of hydrogen-bond donors (Lipinski definition) is 1. The molecule has 18 heavy (non-hydrogen) atoms. The summed E-state index contributed by atoms with van der Waals surface area (Å²) in [6, 6.07) is 0. The third kappa shape index (κ3) is 4.87. The summed E-state index contributed by atoms with van der Waals surface area (Å²) in [7, 11) is 0. The Morgan fingerprint density at radius 1 is 1.39 bits per heavy atom. The number of hydrogen-bond acceptors (Lipinski definition) is 3. The van der Waals surface area contributed by atoms with E-state index in [2.05, 4.69) is 13.5 Å². The number of nitrogens with zero attached hydrogens (tertiary/aromatic N) is 2. The maximum absolute atomic E-state index is 12.0. The van der Waals surface area contributed by atoms with Gasteiger partial charge in [-0.2, -0.15) is 0 Å². The zero-order chi connectivity index (χ0) is 13.5. The Labute approximate surface area is 108 Å². The van der Waals surface area contributed by atoms with Gasteiger partial charge in [0.1, 0.15) is 0 Å². The van der Waals surface area contributed by atoms with Crippen molar-refractivity contribution in [1.82, 2.24) is 9.80 Å². The number of carboxylic acids is 1. The highest BCUT2D eigenvalue weighted by atomic mass is 16.4. The largest absolute Gasteiger partial charge is 0.480 e. The molecular weight excluding hydrogens is 232 g/mol. The number of rotatable bonds is 6.